The minimum absolute atomic E-state index is 0.230. The van der Waals surface area contributed by atoms with Crippen LogP contribution in [0.2, 0.25) is 0 Å². The van der Waals surface area contributed by atoms with Crippen molar-refractivity contribution in [3.8, 4) is 5.69 Å². The maximum absolute atomic E-state index is 13.8. The summed E-state index contributed by atoms with van der Waals surface area (Å²) in [4.78, 5) is 13.4. The molecule has 1 aromatic heterocycles. The van der Waals surface area contributed by atoms with Crippen LogP contribution in [0.25, 0.3) is 5.69 Å². The van der Waals surface area contributed by atoms with Gasteiger partial charge in [-0.25, -0.2) is 9.07 Å². The molecule has 1 N–H and O–H groups in total. The van der Waals surface area contributed by atoms with Gasteiger partial charge in [-0.15, -0.1) is 11.8 Å². The molecule has 3 aromatic rings. The van der Waals surface area contributed by atoms with E-state index in [1.165, 1.54) is 10.7 Å². The molecule has 1 amide bonds. The summed E-state index contributed by atoms with van der Waals surface area (Å²) in [6.07, 6.45) is 1.58. The highest BCUT2D eigenvalue weighted by molar-refractivity contribution is 9.10. The molecule has 25 heavy (non-hydrogen) atoms. The largest absolute Gasteiger partial charge is 0.350 e. The number of benzene rings is 2. The Labute approximate surface area is 157 Å². The summed E-state index contributed by atoms with van der Waals surface area (Å²) in [5, 5.41) is 7.02. The zero-order valence-corrected chi connectivity index (χ0v) is 15.6. The molecule has 0 saturated heterocycles. The molecule has 3 rings (SSSR count). The van der Waals surface area contributed by atoms with Crippen LogP contribution < -0.4 is 5.32 Å². The van der Waals surface area contributed by atoms with Crippen LogP contribution in [0.1, 0.15) is 10.5 Å². The van der Waals surface area contributed by atoms with Crippen molar-refractivity contribution in [2.75, 3.05) is 12.3 Å². The predicted molar refractivity (Wildman–Crippen MR) is 101 cm³/mol. The summed E-state index contributed by atoms with van der Waals surface area (Å²) in [7, 11) is 0. The maximum Gasteiger partial charge on any atom is 0.273 e. The van der Waals surface area contributed by atoms with Gasteiger partial charge in [-0.05, 0) is 40.2 Å². The second-order valence-electron chi connectivity index (χ2n) is 5.14. The summed E-state index contributed by atoms with van der Waals surface area (Å²) in [6, 6.07) is 16.3. The van der Waals surface area contributed by atoms with Crippen molar-refractivity contribution in [1.82, 2.24) is 15.1 Å². The third-order valence-electron chi connectivity index (χ3n) is 3.38. The Kier molecular flexibility index (Phi) is 5.88. The van der Waals surface area contributed by atoms with Gasteiger partial charge in [0.1, 0.15) is 11.5 Å². The van der Waals surface area contributed by atoms with Crippen molar-refractivity contribution in [1.29, 1.82) is 0 Å². The number of rotatable bonds is 6. The predicted octanol–water partition coefficient (Wildman–Crippen LogP) is 4.30. The summed E-state index contributed by atoms with van der Waals surface area (Å²) in [5.74, 6) is 0.0563. The van der Waals surface area contributed by atoms with Gasteiger partial charge >= 0.3 is 0 Å². The molecule has 0 bridgehead atoms. The zero-order chi connectivity index (χ0) is 17.6. The second kappa shape index (κ2) is 8.31. The molecule has 0 radical (unpaired) electrons. The van der Waals surface area contributed by atoms with Crippen LogP contribution in [-0.4, -0.2) is 28.0 Å². The molecule has 0 spiro atoms. The lowest BCUT2D eigenvalue weighted by molar-refractivity contribution is 0.0950. The number of aromatic nitrogens is 2. The molecule has 0 unspecified atom stereocenters. The van der Waals surface area contributed by atoms with E-state index >= 15 is 0 Å². The van der Waals surface area contributed by atoms with Crippen LogP contribution in [0.15, 0.2) is 70.2 Å². The van der Waals surface area contributed by atoms with Crippen molar-refractivity contribution in [2.45, 2.75) is 4.90 Å². The molecular formula is C18H15BrFN3OS. The van der Waals surface area contributed by atoms with E-state index in [-0.39, 0.29) is 11.6 Å². The number of hydrogen-bond donors (Lipinski definition) is 1. The van der Waals surface area contributed by atoms with E-state index in [1.54, 1.807) is 36.2 Å². The molecular weight excluding hydrogens is 405 g/mol. The number of hydrogen-bond acceptors (Lipinski definition) is 3. The van der Waals surface area contributed by atoms with E-state index in [2.05, 4.69) is 26.3 Å². The van der Waals surface area contributed by atoms with Gasteiger partial charge in [-0.1, -0.05) is 30.3 Å². The van der Waals surface area contributed by atoms with E-state index in [0.717, 1.165) is 10.6 Å². The minimum atomic E-state index is -0.399. The van der Waals surface area contributed by atoms with E-state index in [1.807, 2.05) is 30.3 Å². The van der Waals surface area contributed by atoms with E-state index in [4.69, 9.17) is 0 Å². The zero-order valence-electron chi connectivity index (χ0n) is 13.2. The second-order valence-corrected chi connectivity index (χ2v) is 7.16. The number of nitrogens with zero attached hydrogens (tertiary/aromatic N) is 2. The van der Waals surface area contributed by atoms with Crippen molar-refractivity contribution in [2.24, 2.45) is 0 Å². The van der Waals surface area contributed by atoms with Crippen LogP contribution in [-0.2, 0) is 0 Å². The molecule has 128 valence electrons. The minimum Gasteiger partial charge on any atom is -0.350 e. The topological polar surface area (TPSA) is 46.9 Å². The summed E-state index contributed by atoms with van der Waals surface area (Å²) < 4.78 is 15.7. The number of nitrogens with one attached hydrogen (secondary N) is 1. The van der Waals surface area contributed by atoms with E-state index < -0.39 is 5.82 Å². The average Bonchev–Trinajstić information content (AvgIpc) is 3.01. The van der Waals surface area contributed by atoms with E-state index in [9.17, 15) is 9.18 Å². The lowest BCUT2D eigenvalue weighted by atomic mass is 10.3. The molecule has 0 saturated carbocycles. The number of amides is 1. The fraction of sp³-hybridized carbons (Fsp3) is 0.111. The average molecular weight is 420 g/mol. The smallest absolute Gasteiger partial charge is 0.273 e. The number of carbonyl (C=O) groups excluding carboxylic acids is 1. The van der Waals surface area contributed by atoms with Crippen molar-refractivity contribution in [3.63, 3.8) is 0 Å². The van der Waals surface area contributed by atoms with Crippen molar-refractivity contribution < 1.29 is 9.18 Å². The third-order valence-corrected chi connectivity index (χ3v) is 4.98. The summed E-state index contributed by atoms with van der Waals surface area (Å²) in [6.45, 7) is 0.511. The van der Waals surface area contributed by atoms with Gasteiger partial charge in [0.2, 0.25) is 0 Å². The quantitative estimate of drug-likeness (QED) is 0.478. The summed E-state index contributed by atoms with van der Waals surface area (Å²) >= 11 is 4.98. The van der Waals surface area contributed by atoms with Gasteiger partial charge in [-0.2, -0.15) is 5.10 Å². The number of thioether (sulfide) groups is 1. The van der Waals surface area contributed by atoms with E-state index in [0.29, 0.717) is 16.7 Å². The van der Waals surface area contributed by atoms with Gasteiger partial charge in [0.05, 0.1) is 4.47 Å². The van der Waals surface area contributed by atoms with Gasteiger partial charge in [0, 0.05) is 23.4 Å². The Morgan fingerprint density at radius 1 is 1.16 bits per heavy atom. The highest BCUT2D eigenvalue weighted by Gasteiger charge is 2.16. The lowest BCUT2D eigenvalue weighted by Crippen LogP contribution is -2.26. The van der Waals surface area contributed by atoms with Gasteiger partial charge in [0.15, 0.2) is 5.69 Å². The highest BCUT2D eigenvalue weighted by atomic mass is 79.9. The first-order valence-corrected chi connectivity index (χ1v) is 9.39. The normalized spacial score (nSPS) is 10.6. The monoisotopic (exact) mass is 419 g/mol. The van der Waals surface area contributed by atoms with Gasteiger partial charge < -0.3 is 5.32 Å². The molecule has 2 aromatic carbocycles. The molecule has 0 aliphatic rings. The lowest BCUT2D eigenvalue weighted by Gasteiger charge is -2.04. The first kappa shape index (κ1) is 17.7. The first-order chi connectivity index (χ1) is 12.1. The first-order valence-electron chi connectivity index (χ1n) is 7.61. The third kappa shape index (κ3) is 4.49. The summed E-state index contributed by atoms with van der Waals surface area (Å²) in [5.41, 5.74) is 0.523. The van der Waals surface area contributed by atoms with Crippen LogP contribution >= 0.6 is 27.7 Å². The van der Waals surface area contributed by atoms with Crippen LogP contribution in [0.3, 0.4) is 0 Å². The van der Waals surface area contributed by atoms with Crippen LogP contribution in [0.4, 0.5) is 4.39 Å². The van der Waals surface area contributed by atoms with Crippen LogP contribution in [0, 0.1) is 5.82 Å². The molecule has 0 aliphatic heterocycles. The van der Waals surface area contributed by atoms with Gasteiger partial charge in [-0.3, -0.25) is 4.79 Å². The molecule has 1 heterocycles. The molecule has 0 aliphatic carbocycles. The molecule has 4 nitrogen and oxygen atoms in total. The van der Waals surface area contributed by atoms with Crippen molar-refractivity contribution in [3.05, 3.63) is 76.8 Å². The maximum atomic E-state index is 13.8. The van der Waals surface area contributed by atoms with Crippen LogP contribution in [0.5, 0.6) is 0 Å². The fourth-order valence-electron chi connectivity index (χ4n) is 2.20. The Bertz CT molecular complexity index is 870. The number of carbonyl (C=O) groups is 1. The Morgan fingerprint density at radius 2 is 1.88 bits per heavy atom. The Hall–Kier alpha value is -2.12. The molecule has 7 heteroatoms. The number of halogens is 2. The molecule has 0 fully saturated rings. The molecule has 0 atom stereocenters. The van der Waals surface area contributed by atoms with Gasteiger partial charge in [0.25, 0.3) is 5.91 Å². The fourth-order valence-corrected chi connectivity index (χ4v) is 3.44. The standard InChI is InChI=1S/C18H15BrFN3OS/c19-14-12-23(16-9-5-4-8-15(16)20)22-17(14)18(24)21-10-11-25-13-6-2-1-3-7-13/h1-9,12H,10-11H2,(H,21,24). The Morgan fingerprint density at radius 3 is 2.64 bits per heavy atom. The highest BCUT2D eigenvalue weighted by Crippen LogP contribution is 2.20. The van der Waals surface area contributed by atoms with Crippen molar-refractivity contribution >= 4 is 33.6 Å². The SMILES string of the molecule is O=C(NCCSc1ccccc1)c1nn(-c2ccccc2F)cc1Br. The number of para-hydroxylation sites is 1. The Balaban J connectivity index is 1.60.